The summed E-state index contributed by atoms with van der Waals surface area (Å²) in [7, 11) is 0. The van der Waals surface area contributed by atoms with E-state index in [4.69, 9.17) is 21.0 Å². The van der Waals surface area contributed by atoms with Crippen LogP contribution in [0.3, 0.4) is 0 Å². The number of hydrogen-bond acceptors (Lipinski definition) is 4. The van der Waals surface area contributed by atoms with Gasteiger partial charge in [-0.2, -0.15) is 21.0 Å². The summed E-state index contributed by atoms with van der Waals surface area (Å²) >= 11 is 0. The minimum absolute atomic E-state index is 0.495. The average Bonchev–Trinajstić information content (AvgIpc) is 2.55. The molecule has 4 unspecified atom stereocenters. The van der Waals surface area contributed by atoms with E-state index in [0.29, 0.717) is 49.4 Å². The largest absolute Gasteiger partial charge is 0.198 e. The molecule has 0 amide bonds. The molecular formula is C18H24N4. The van der Waals surface area contributed by atoms with Crippen molar-refractivity contribution in [2.75, 3.05) is 0 Å². The van der Waals surface area contributed by atoms with E-state index in [9.17, 15) is 0 Å². The molecule has 1 saturated carbocycles. The van der Waals surface area contributed by atoms with Gasteiger partial charge in [-0.15, -0.1) is 0 Å². The van der Waals surface area contributed by atoms with Crippen LogP contribution in [0.2, 0.25) is 0 Å². The van der Waals surface area contributed by atoms with E-state index in [-0.39, 0.29) is 0 Å². The summed E-state index contributed by atoms with van der Waals surface area (Å²) < 4.78 is 0. The van der Waals surface area contributed by atoms with E-state index in [1.807, 2.05) is 0 Å². The van der Waals surface area contributed by atoms with Gasteiger partial charge in [-0.1, -0.05) is 0 Å². The number of nitrogens with zero attached hydrogens (tertiary/aromatic N) is 4. The molecule has 0 aliphatic heterocycles. The molecule has 0 N–H and O–H groups in total. The molecule has 4 nitrogen and oxygen atoms in total. The van der Waals surface area contributed by atoms with Gasteiger partial charge in [0, 0.05) is 25.7 Å². The first-order valence-electron chi connectivity index (χ1n) is 8.24. The highest BCUT2D eigenvalue weighted by Crippen LogP contribution is 2.45. The third-order valence-electron chi connectivity index (χ3n) is 5.05. The molecule has 0 aromatic heterocycles. The maximum atomic E-state index is 8.85. The average molecular weight is 296 g/mol. The molecule has 0 spiro atoms. The predicted octanol–water partition coefficient (Wildman–Crippen LogP) is 4.46. The van der Waals surface area contributed by atoms with Crippen molar-refractivity contribution >= 4 is 0 Å². The first-order chi connectivity index (χ1) is 10.8. The Kier molecular flexibility index (Phi) is 8.72. The minimum Gasteiger partial charge on any atom is -0.198 e. The van der Waals surface area contributed by atoms with Crippen LogP contribution in [0.4, 0.5) is 0 Å². The van der Waals surface area contributed by atoms with Crippen molar-refractivity contribution in [3.8, 4) is 24.3 Å². The lowest BCUT2D eigenvalue weighted by Gasteiger charge is -2.41. The zero-order valence-corrected chi connectivity index (χ0v) is 13.2. The van der Waals surface area contributed by atoms with Crippen molar-refractivity contribution in [3.05, 3.63) is 0 Å². The van der Waals surface area contributed by atoms with Crippen LogP contribution in [0.5, 0.6) is 0 Å². The SMILES string of the molecule is N#CCCC1CC(CCC#N)C(CCC#N)CC1CCC#N. The van der Waals surface area contributed by atoms with Gasteiger partial charge in [0.05, 0.1) is 24.3 Å². The van der Waals surface area contributed by atoms with Gasteiger partial charge in [0.25, 0.3) is 0 Å². The summed E-state index contributed by atoms with van der Waals surface area (Å²) in [4.78, 5) is 0. The van der Waals surface area contributed by atoms with E-state index in [2.05, 4.69) is 24.3 Å². The lowest BCUT2D eigenvalue weighted by atomic mass is 9.63. The first-order valence-corrected chi connectivity index (χ1v) is 8.24. The normalized spacial score (nSPS) is 27.1. The summed E-state index contributed by atoms with van der Waals surface area (Å²) in [6.45, 7) is 0. The predicted molar refractivity (Wildman–Crippen MR) is 82.6 cm³/mol. The fourth-order valence-electron chi connectivity index (χ4n) is 3.96. The molecule has 1 rings (SSSR count). The van der Waals surface area contributed by atoms with Gasteiger partial charge in [-0.05, 0) is 62.2 Å². The van der Waals surface area contributed by atoms with Crippen LogP contribution in [-0.2, 0) is 0 Å². The number of hydrogen-bond donors (Lipinski definition) is 0. The first kappa shape index (κ1) is 18.0. The summed E-state index contributed by atoms with van der Waals surface area (Å²) in [6, 6.07) is 8.94. The van der Waals surface area contributed by atoms with Crippen molar-refractivity contribution in [1.82, 2.24) is 0 Å². The van der Waals surface area contributed by atoms with Crippen molar-refractivity contribution in [3.63, 3.8) is 0 Å². The summed E-state index contributed by atoms with van der Waals surface area (Å²) in [5.74, 6) is 1.98. The van der Waals surface area contributed by atoms with Crippen molar-refractivity contribution in [1.29, 1.82) is 21.0 Å². The van der Waals surface area contributed by atoms with Gasteiger partial charge in [0.2, 0.25) is 0 Å². The van der Waals surface area contributed by atoms with Gasteiger partial charge < -0.3 is 0 Å². The van der Waals surface area contributed by atoms with E-state index in [1.165, 1.54) is 0 Å². The molecule has 1 aliphatic rings. The molecule has 0 bridgehead atoms. The van der Waals surface area contributed by atoms with Crippen LogP contribution in [0.1, 0.15) is 64.2 Å². The lowest BCUT2D eigenvalue weighted by molar-refractivity contribution is 0.0913. The zero-order valence-electron chi connectivity index (χ0n) is 13.2. The third kappa shape index (κ3) is 5.76. The molecule has 116 valence electrons. The Bertz CT molecular complexity index is 395. The van der Waals surface area contributed by atoms with Crippen molar-refractivity contribution in [2.24, 2.45) is 23.7 Å². The van der Waals surface area contributed by atoms with Crippen LogP contribution >= 0.6 is 0 Å². The fraction of sp³-hybridized carbons (Fsp3) is 0.778. The maximum absolute atomic E-state index is 8.85. The second-order valence-electron chi connectivity index (χ2n) is 6.30. The van der Waals surface area contributed by atoms with E-state index < -0.39 is 0 Å². The standard InChI is InChI=1S/C18H24N4/c19-9-1-5-15-13-17(7-3-11-21)18(8-4-12-22)14-16(15)6-2-10-20/h15-18H,1-8,13-14H2. The van der Waals surface area contributed by atoms with Crippen LogP contribution < -0.4 is 0 Å². The van der Waals surface area contributed by atoms with Gasteiger partial charge in [-0.25, -0.2) is 0 Å². The Hall–Kier alpha value is -2.04. The molecule has 0 heterocycles. The van der Waals surface area contributed by atoms with Crippen molar-refractivity contribution in [2.45, 2.75) is 64.2 Å². The molecule has 4 heteroatoms. The monoisotopic (exact) mass is 296 g/mol. The Labute approximate surface area is 134 Å². The lowest BCUT2D eigenvalue weighted by Crippen LogP contribution is -2.32. The molecule has 1 aliphatic carbocycles. The van der Waals surface area contributed by atoms with Gasteiger partial charge >= 0.3 is 0 Å². The van der Waals surface area contributed by atoms with Crippen LogP contribution in [-0.4, -0.2) is 0 Å². The summed E-state index contributed by atoms with van der Waals surface area (Å²) in [5, 5.41) is 35.4. The Balaban J connectivity index is 2.75. The number of nitriles is 4. The van der Waals surface area contributed by atoms with Gasteiger partial charge in [0.1, 0.15) is 0 Å². The molecule has 0 radical (unpaired) electrons. The molecule has 1 fully saturated rings. The fourth-order valence-corrected chi connectivity index (χ4v) is 3.96. The van der Waals surface area contributed by atoms with E-state index >= 15 is 0 Å². The Morgan fingerprint density at radius 2 is 0.727 bits per heavy atom. The Morgan fingerprint density at radius 1 is 0.500 bits per heavy atom. The number of rotatable bonds is 8. The van der Waals surface area contributed by atoms with Crippen LogP contribution in [0.15, 0.2) is 0 Å². The molecule has 0 saturated heterocycles. The second-order valence-corrected chi connectivity index (χ2v) is 6.30. The summed E-state index contributed by atoms with van der Waals surface area (Å²) in [5.41, 5.74) is 0. The molecule has 0 aromatic carbocycles. The minimum atomic E-state index is 0.495. The maximum Gasteiger partial charge on any atom is 0.0621 e. The van der Waals surface area contributed by atoms with Gasteiger partial charge in [-0.3, -0.25) is 0 Å². The summed E-state index contributed by atoms with van der Waals surface area (Å²) in [6.07, 6.45) is 8.00. The molecule has 4 atom stereocenters. The van der Waals surface area contributed by atoms with Crippen LogP contribution in [0.25, 0.3) is 0 Å². The second kappa shape index (κ2) is 10.7. The highest BCUT2D eigenvalue weighted by molar-refractivity contribution is 4.91. The highest BCUT2D eigenvalue weighted by Gasteiger charge is 2.35. The topological polar surface area (TPSA) is 95.2 Å². The zero-order chi connectivity index (χ0) is 16.2. The smallest absolute Gasteiger partial charge is 0.0621 e. The highest BCUT2D eigenvalue weighted by atomic mass is 14.4. The van der Waals surface area contributed by atoms with E-state index in [0.717, 1.165) is 38.5 Å². The molecule has 22 heavy (non-hydrogen) atoms. The molecule has 0 aromatic rings. The van der Waals surface area contributed by atoms with Crippen LogP contribution in [0, 0.1) is 69.0 Å². The molecular weight excluding hydrogens is 272 g/mol. The van der Waals surface area contributed by atoms with E-state index in [1.54, 1.807) is 0 Å². The quantitative estimate of drug-likeness (QED) is 0.660. The third-order valence-corrected chi connectivity index (χ3v) is 5.05. The van der Waals surface area contributed by atoms with Gasteiger partial charge in [0.15, 0.2) is 0 Å². The van der Waals surface area contributed by atoms with Crippen molar-refractivity contribution < 1.29 is 0 Å². The Morgan fingerprint density at radius 3 is 0.909 bits per heavy atom.